The van der Waals surface area contributed by atoms with Gasteiger partial charge in [-0.1, -0.05) is 6.07 Å². The number of ether oxygens (including phenoxy) is 3. The molecule has 1 saturated heterocycles. The van der Waals surface area contributed by atoms with Crippen molar-refractivity contribution in [2.24, 2.45) is 0 Å². The molecule has 0 saturated carbocycles. The first-order chi connectivity index (χ1) is 19.9. The fourth-order valence-corrected chi connectivity index (χ4v) is 5.04. The summed E-state index contributed by atoms with van der Waals surface area (Å²) in [5.41, 5.74) is 0.821. The lowest BCUT2D eigenvalue weighted by Crippen LogP contribution is -2.28. The van der Waals surface area contributed by atoms with Crippen LogP contribution in [0, 0.1) is 11.6 Å². The van der Waals surface area contributed by atoms with E-state index in [-0.39, 0.29) is 29.5 Å². The maximum absolute atomic E-state index is 15.1. The van der Waals surface area contributed by atoms with Gasteiger partial charge in [0.15, 0.2) is 17.3 Å². The molecule has 0 atom stereocenters. The van der Waals surface area contributed by atoms with Crippen molar-refractivity contribution >= 4 is 11.6 Å². The summed E-state index contributed by atoms with van der Waals surface area (Å²) in [6.45, 7) is 1.72. The summed E-state index contributed by atoms with van der Waals surface area (Å²) in [6, 6.07) is 13.3. The van der Waals surface area contributed by atoms with Crippen LogP contribution in [0.5, 0.6) is 17.2 Å². The number of hydrogen-bond donors (Lipinski definition) is 1. The molecule has 8 nitrogen and oxygen atoms in total. The van der Waals surface area contributed by atoms with Crippen molar-refractivity contribution in [1.29, 1.82) is 0 Å². The number of ketones is 1. The number of pyridine rings is 2. The number of fused-ring (bicyclic) bond motifs is 1. The lowest BCUT2D eigenvalue weighted by Gasteiger charge is -2.23. The number of hydrogen-bond acceptors (Lipinski definition) is 7. The molecule has 0 amide bonds. The quantitative estimate of drug-likeness (QED) is 0.295. The predicted octanol–water partition coefficient (Wildman–Crippen LogP) is 5.25. The summed E-state index contributed by atoms with van der Waals surface area (Å²) in [6.07, 6.45) is 5.26. The number of aromatic nitrogens is 2. The van der Waals surface area contributed by atoms with Crippen LogP contribution < -0.4 is 20.3 Å². The minimum atomic E-state index is -0.649. The van der Waals surface area contributed by atoms with Crippen molar-refractivity contribution in [3.63, 3.8) is 0 Å². The molecule has 1 fully saturated rings. The van der Waals surface area contributed by atoms with E-state index >= 15 is 4.39 Å². The van der Waals surface area contributed by atoms with Crippen molar-refractivity contribution in [3.8, 4) is 22.9 Å². The second-order valence-electron chi connectivity index (χ2n) is 9.98. The van der Waals surface area contributed by atoms with Crippen LogP contribution in [0.3, 0.4) is 0 Å². The van der Waals surface area contributed by atoms with Crippen molar-refractivity contribution in [2.45, 2.75) is 31.7 Å². The molecule has 2 aliphatic heterocycles. The number of rotatable bonds is 8. The number of nitrogens with one attached hydrogen (secondary N) is 1. The van der Waals surface area contributed by atoms with Crippen molar-refractivity contribution in [1.82, 2.24) is 9.55 Å². The fourth-order valence-electron chi connectivity index (χ4n) is 5.04. The zero-order chi connectivity index (χ0) is 28.3. The zero-order valence-electron chi connectivity index (χ0n) is 22.1. The monoisotopic (exact) mass is 559 g/mol. The number of carbonyl (C=O) groups excluding carboxylic acids is 1. The standard InChI is InChI=1S/C31H27F2N3O5/c32-21-2-4-23(5-3-21)36-18-20-8-14-40-30(20)29(31(36)38)26(37)16-19-1-6-27(25(33)15-19)41-24-7-11-34-28(17-24)35-22-9-12-39-13-10-22/h1-7,11,15,17-18,22H,8-10,12-14,16H2,(H,34,35). The van der Waals surface area contributed by atoms with Gasteiger partial charge in [-0.05, 0) is 60.9 Å². The van der Waals surface area contributed by atoms with E-state index in [1.807, 2.05) is 0 Å². The average Bonchev–Trinajstić information content (AvgIpc) is 3.43. The van der Waals surface area contributed by atoms with E-state index < -0.39 is 23.0 Å². The Hall–Kier alpha value is -4.57. The first kappa shape index (κ1) is 26.6. The van der Waals surface area contributed by atoms with Crippen molar-refractivity contribution < 1.29 is 27.8 Å². The summed E-state index contributed by atoms with van der Waals surface area (Å²) in [4.78, 5) is 31.1. The average molecular weight is 560 g/mol. The molecule has 2 aromatic carbocycles. The van der Waals surface area contributed by atoms with E-state index in [4.69, 9.17) is 14.2 Å². The number of halogens is 2. The van der Waals surface area contributed by atoms with Gasteiger partial charge in [0.05, 0.1) is 6.61 Å². The third-order valence-electron chi connectivity index (χ3n) is 7.13. The fraction of sp³-hybridized carbons (Fsp3) is 0.258. The molecule has 0 radical (unpaired) electrons. The summed E-state index contributed by atoms with van der Waals surface area (Å²) in [7, 11) is 0. The Morgan fingerprint density at radius 1 is 1.05 bits per heavy atom. The molecule has 0 bridgehead atoms. The summed E-state index contributed by atoms with van der Waals surface area (Å²) >= 11 is 0. The first-order valence-corrected chi connectivity index (χ1v) is 13.4. The Labute approximate surface area is 234 Å². The van der Waals surface area contributed by atoms with Gasteiger partial charge in [-0.2, -0.15) is 0 Å². The van der Waals surface area contributed by atoms with Gasteiger partial charge in [0.1, 0.15) is 28.7 Å². The molecule has 210 valence electrons. The van der Waals surface area contributed by atoms with E-state index in [1.54, 1.807) is 30.6 Å². The second kappa shape index (κ2) is 11.5. The number of carbonyl (C=O) groups is 1. The topological polar surface area (TPSA) is 91.7 Å². The lowest BCUT2D eigenvalue weighted by atomic mass is 10.0. The van der Waals surface area contributed by atoms with Crippen LogP contribution in [0.4, 0.5) is 14.6 Å². The van der Waals surface area contributed by atoms with Gasteiger partial charge in [-0.15, -0.1) is 0 Å². The van der Waals surface area contributed by atoms with E-state index in [1.165, 1.54) is 41.0 Å². The summed E-state index contributed by atoms with van der Waals surface area (Å²) < 4.78 is 46.6. The first-order valence-electron chi connectivity index (χ1n) is 13.4. The van der Waals surface area contributed by atoms with Crippen LogP contribution in [0.1, 0.15) is 34.3 Å². The van der Waals surface area contributed by atoms with Crippen molar-refractivity contribution in [2.75, 3.05) is 25.1 Å². The van der Waals surface area contributed by atoms with Crippen LogP contribution in [-0.2, 0) is 17.6 Å². The molecule has 2 aliphatic rings. The van der Waals surface area contributed by atoms with Gasteiger partial charge in [0.2, 0.25) is 0 Å². The number of nitrogens with zero attached hydrogens (tertiary/aromatic N) is 2. The molecule has 10 heteroatoms. The lowest BCUT2D eigenvalue weighted by molar-refractivity contribution is 0.0903. The number of anilines is 1. The molecule has 0 aliphatic carbocycles. The van der Waals surface area contributed by atoms with Crippen molar-refractivity contribution in [3.05, 3.63) is 106 Å². The van der Waals surface area contributed by atoms with Crippen LogP contribution in [0.15, 0.2) is 71.8 Å². The van der Waals surface area contributed by atoms with Gasteiger partial charge < -0.3 is 19.5 Å². The Kier molecular flexibility index (Phi) is 7.47. The summed E-state index contributed by atoms with van der Waals surface area (Å²) in [5, 5.41) is 3.35. The Balaban J connectivity index is 1.20. The third-order valence-corrected chi connectivity index (χ3v) is 7.13. The maximum Gasteiger partial charge on any atom is 0.269 e. The Bertz CT molecular complexity index is 1650. The van der Waals surface area contributed by atoms with Gasteiger partial charge in [-0.3, -0.25) is 14.2 Å². The van der Waals surface area contributed by atoms with Gasteiger partial charge in [0, 0.05) is 61.8 Å². The number of benzene rings is 2. The highest BCUT2D eigenvalue weighted by Gasteiger charge is 2.27. The van der Waals surface area contributed by atoms with Gasteiger partial charge in [0.25, 0.3) is 5.56 Å². The Morgan fingerprint density at radius 2 is 1.85 bits per heavy atom. The van der Waals surface area contributed by atoms with E-state index in [2.05, 4.69) is 10.3 Å². The largest absolute Gasteiger partial charge is 0.492 e. The minimum Gasteiger partial charge on any atom is -0.492 e. The van der Waals surface area contributed by atoms with E-state index in [0.717, 1.165) is 12.8 Å². The highest BCUT2D eigenvalue weighted by Crippen LogP contribution is 2.31. The zero-order valence-corrected chi connectivity index (χ0v) is 22.1. The van der Waals surface area contributed by atoms with Gasteiger partial charge in [-0.25, -0.2) is 13.8 Å². The summed E-state index contributed by atoms with van der Waals surface area (Å²) in [5.74, 6) is -0.307. The van der Waals surface area contributed by atoms with Crippen LogP contribution >= 0.6 is 0 Å². The molecular weight excluding hydrogens is 532 g/mol. The second-order valence-corrected chi connectivity index (χ2v) is 9.98. The normalized spacial score (nSPS) is 14.8. The van der Waals surface area contributed by atoms with E-state index in [9.17, 15) is 14.0 Å². The number of Topliss-reactive ketones (excluding diaryl/α,β-unsaturated/α-hetero) is 1. The predicted molar refractivity (Wildman–Crippen MR) is 147 cm³/mol. The third kappa shape index (κ3) is 5.83. The molecule has 2 aromatic heterocycles. The van der Waals surface area contributed by atoms with Gasteiger partial charge >= 0.3 is 0 Å². The van der Waals surface area contributed by atoms with Crippen LogP contribution in [0.25, 0.3) is 5.69 Å². The molecule has 0 spiro atoms. The molecule has 1 N–H and O–H groups in total. The van der Waals surface area contributed by atoms with Crippen LogP contribution in [0.2, 0.25) is 0 Å². The molecule has 4 aromatic rings. The molecule has 41 heavy (non-hydrogen) atoms. The highest BCUT2D eigenvalue weighted by molar-refractivity contribution is 6.00. The maximum atomic E-state index is 15.1. The molecule has 0 unspecified atom stereocenters. The molecular formula is C31H27F2N3O5. The van der Waals surface area contributed by atoms with Crippen LogP contribution in [-0.4, -0.2) is 41.2 Å². The highest BCUT2D eigenvalue weighted by atomic mass is 19.1. The molecule has 6 rings (SSSR count). The SMILES string of the molecule is O=C(Cc1ccc(Oc2ccnc(NC3CCOCC3)c2)c(F)c1)c1c2c(cn(-c3ccc(F)cc3)c1=O)CCO2. The smallest absolute Gasteiger partial charge is 0.269 e. The Morgan fingerprint density at radius 3 is 2.63 bits per heavy atom. The van der Waals surface area contributed by atoms with E-state index in [0.29, 0.717) is 54.6 Å². The minimum absolute atomic E-state index is 0.00739. The molecule has 4 heterocycles.